The highest BCUT2D eigenvalue weighted by atomic mass is 32.2. The summed E-state index contributed by atoms with van der Waals surface area (Å²) in [6, 6.07) is 9.42. The van der Waals surface area contributed by atoms with Crippen molar-refractivity contribution >= 4 is 31.4 Å². The van der Waals surface area contributed by atoms with E-state index >= 15 is 0 Å². The number of benzene rings is 2. The summed E-state index contributed by atoms with van der Waals surface area (Å²) in [7, 11) is -7.22. The van der Waals surface area contributed by atoms with Gasteiger partial charge in [-0.25, -0.2) is 16.8 Å². The van der Waals surface area contributed by atoms with Gasteiger partial charge in [0.2, 0.25) is 10.0 Å². The summed E-state index contributed by atoms with van der Waals surface area (Å²) in [4.78, 5) is 0.0885. The lowest BCUT2D eigenvalue weighted by Crippen LogP contribution is -2.37. The van der Waals surface area contributed by atoms with E-state index in [9.17, 15) is 16.8 Å². The third-order valence-corrected chi connectivity index (χ3v) is 8.29. The molecule has 0 atom stereocenters. The number of fused-ring (bicyclic) bond motifs is 1. The fraction of sp³-hybridized carbons (Fsp3) is 0.368. The molecule has 2 heterocycles. The van der Waals surface area contributed by atoms with Crippen LogP contribution in [0.25, 0.3) is 0 Å². The van der Waals surface area contributed by atoms with Crippen molar-refractivity contribution in [2.75, 3.05) is 34.5 Å². The van der Waals surface area contributed by atoms with E-state index in [4.69, 9.17) is 9.47 Å². The Labute approximate surface area is 170 Å². The van der Waals surface area contributed by atoms with E-state index in [2.05, 4.69) is 4.72 Å². The molecule has 1 saturated heterocycles. The molecule has 8 nitrogen and oxygen atoms in total. The van der Waals surface area contributed by atoms with Gasteiger partial charge in [-0.3, -0.25) is 9.03 Å². The molecule has 0 unspecified atom stereocenters. The van der Waals surface area contributed by atoms with E-state index < -0.39 is 20.0 Å². The Hall–Kier alpha value is -2.46. The summed E-state index contributed by atoms with van der Waals surface area (Å²) >= 11 is 0. The van der Waals surface area contributed by atoms with Crippen LogP contribution in [0.3, 0.4) is 0 Å². The van der Waals surface area contributed by atoms with Crippen LogP contribution in [0.2, 0.25) is 0 Å². The average Bonchev–Trinajstić information content (AvgIpc) is 2.67. The van der Waals surface area contributed by atoms with Gasteiger partial charge in [0.25, 0.3) is 10.0 Å². The van der Waals surface area contributed by atoms with Gasteiger partial charge in [0, 0.05) is 12.6 Å². The minimum absolute atomic E-state index is 0.0885. The SMILES string of the molecule is Cc1cc(N2CCCCS2(=O)=O)ccc1S(=O)(=O)Nc1ccc2c(c1)OCCO2. The second-order valence-electron chi connectivity index (χ2n) is 7.01. The fourth-order valence-electron chi connectivity index (χ4n) is 3.49. The monoisotopic (exact) mass is 438 g/mol. The van der Waals surface area contributed by atoms with Crippen molar-refractivity contribution in [3.05, 3.63) is 42.0 Å². The van der Waals surface area contributed by atoms with Crippen LogP contribution in [0.5, 0.6) is 11.5 Å². The number of hydrogen-bond donors (Lipinski definition) is 1. The Balaban J connectivity index is 1.60. The van der Waals surface area contributed by atoms with Gasteiger partial charge >= 0.3 is 0 Å². The molecule has 0 radical (unpaired) electrons. The first-order chi connectivity index (χ1) is 13.8. The van der Waals surface area contributed by atoms with Crippen LogP contribution in [0.4, 0.5) is 11.4 Å². The standard InChI is InChI=1S/C19H22N2O6S2/c1-14-12-16(21-8-2-3-11-28(21,22)23)5-7-19(14)29(24,25)20-15-4-6-17-18(13-15)27-10-9-26-17/h4-7,12-13,20H,2-3,8-11H2,1H3. The first kappa shape index (κ1) is 19.8. The zero-order valence-corrected chi connectivity index (χ0v) is 17.6. The van der Waals surface area contributed by atoms with Crippen molar-refractivity contribution in [3.63, 3.8) is 0 Å². The van der Waals surface area contributed by atoms with Crippen LogP contribution in [0.15, 0.2) is 41.3 Å². The van der Waals surface area contributed by atoms with Crippen molar-refractivity contribution in [3.8, 4) is 11.5 Å². The van der Waals surface area contributed by atoms with Gasteiger partial charge in [-0.2, -0.15) is 0 Å². The summed E-state index contributed by atoms with van der Waals surface area (Å²) in [6.07, 6.45) is 1.42. The molecule has 1 N–H and O–H groups in total. The first-order valence-electron chi connectivity index (χ1n) is 9.30. The molecule has 1 fully saturated rings. The molecule has 4 rings (SSSR count). The van der Waals surface area contributed by atoms with Crippen molar-refractivity contribution in [1.82, 2.24) is 0 Å². The van der Waals surface area contributed by atoms with Crippen molar-refractivity contribution in [1.29, 1.82) is 0 Å². The Morgan fingerprint density at radius 1 is 1.00 bits per heavy atom. The molecule has 0 amide bonds. The Morgan fingerprint density at radius 3 is 2.48 bits per heavy atom. The molecule has 0 aromatic heterocycles. The highest BCUT2D eigenvalue weighted by molar-refractivity contribution is 7.93. The summed E-state index contributed by atoms with van der Waals surface area (Å²) in [5, 5.41) is 0. The molecule has 0 bridgehead atoms. The van der Waals surface area contributed by atoms with Crippen molar-refractivity contribution in [2.24, 2.45) is 0 Å². The predicted octanol–water partition coefficient (Wildman–Crippen LogP) is 2.50. The number of nitrogens with zero attached hydrogens (tertiary/aromatic N) is 1. The number of sulfonamides is 2. The molecular formula is C19H22N2O6S2. The van der Waals surface area contributed by atoms with Crippen LogP contribution >= 0.6 is 0 Å². The van der Waals surface area contributed by atoms with E-state index in [-0.39, 0.29) is 10.6 Å². The summed E-state index contributed by atoms with van der Waals surface area (Å²) in [5.74, 6) is 1.17. The number of hydrogen-bond acceptors (Lipinski definition) is 6. The zero-order valence-electron chi connectivity index (χ0n) is 15.9. The van der Waals surface area contributed by atoms with Gasteiger partial charge in [-0.15, -0.1) is 0 Å². The predicted molar refractivity (Wildman–Crippen MR) is 110 cm³/mol. The lowest BCUT2D eigenvalue weighted by molar-refractivity contribution is 0.171. The van der Waals surface area contributed by atoms with Gasteiger partial charge < -0.3 is 9.47 Å². The van der Waals surface area contributed by atoms with Gasteiger partial charge in [0.15, 0.2) is 11.5 Å². The van der Waals surface area contributed by atoms with Gasteiger partial charge in [0.05, 0.1) is 22.0 Å². The van der Waals surface area contributed by atoms with Crippen LogP contribution < -0.4 is 18.5 Å². The third-order valence-electron chi connectivity index (χ3n) is 4.88. The Morgan fingerprint density at radius 2 is 1.76 bits per heavy atom. The number of nitrogens with one attached hydrogen (secondary N) is 1. The Kier molecular flexibility index (Phi) is 5.07. The van der Waals surface area contributed by atoms with Crippen molar-refractivity contribution < 1.29 is 26.3 Å². The largest absolute Gasteiger partial charge is 0.486 e. The normalized spacial score (nSPS) is 18.3. The molecule has 29 heavy (non-hydrogen) atoms. The summed E-state index contributed by atoms with van der Waals surface area (Å²) in [6.45, 7) is 2.92. The molecule has 10 heteroatoms. The van der Waals surface area contributed by atoms with Gasteiger partial charge in [0.1, 0.15) is 13.2 Å². The molecule has 156 valence electrons. The molecule has 2 aromatic carbocycles. The molecule has 0 saturated carbocycles. The van der Waals surface area contributed by atoms with Crippen molar-refractivity contribution in [2.45, 2.75) is 24.7 Å². The maximum Gasteiger partial charge on any atom is 0.262 e. The summed E-state index contributed by atoms with van der Waals surface area (Å²) in [5.41, 5.74) is 1.31. The van der Waals surface area contributed by atoms with Crippen LogP contribution in [0.1, 0.15) is 18.4 Å². The average molecular weight is 439 g/mol. The lowest BCUT2D eigenvalue weighted by atomic mass is 10.2. The molecular weight excluding hydrogens is 416 g/mol. The zero-order chi connectivity index (χ0) is 20.6. The lowest BCUT2D eigenvalue weighted by Gasteiger charge is -2.28. The number of aryl methyl sites for hydroxylation is 1. The van der Waals surface area contributed by atoms with E-state index in [0.29, 0.717) is 54.6 Å². The molecule has 0 aliphatic carbocycles. The quantitative estimate of drug-likeness (QED) is 0.787. The van der Waals surface area contributed by atoms with E-state index in [1.165, 1.54) is 16.4 Å². The topological polar surface area (TPSA) is 102 Å². The highest BCUT2D eigenvalue weighted by Crippen LogP contribution is 2.34. The van der Waals surface area contributed by atoms with Crippen LogP contribution in [-0.4, -0.2) is 42.3 Å². The van der Waals surface area contributed by atoms with E-state index in [0.717, 1.165) is 6.42 Å². The smallest absolute Gasteiger partial charge is 0.262 e. The van der Waals surface area contributed by atoms with Crippen LogP contribution in [0, 0.1) is 6.92 Å². The number of ether oxygens (including phenoxy) is 2. The Bertz CT molecular complexity index is 1150. The maximum atomic E-state index is 12.9. The van der Waals surface area contributed by atoms with Gasteiger partial charge in [-0.1, -0.05) is 0 Å². The molecule has 2 aromatic rings. The second-order valence-corrected chi connectivity index (χ2v) is 10.7. The fourth-order valence-corrected chi connectivity index (χ4v) is 6.39. The minimum Gasteiger partial charge on any atom is -0.486 e. The van der Waals surface area contributed by atoms with Gasteiger partial charge in [-0.05, 0) is 55.7 Å². The first-order valence-corrected chi connectivity index (χ1v) is 12.4. The van der Waals surface area contributed by atoms with Crippen LogP contribution in [-0.2, 0) is 20.0 Å². The second kappa shape index (κ2) is 7.42. The number of anilines is 2. The molecule has 0 spiro atoms. The maximum absolute atomic E-state index is 12.9. The number of rotatable bonds is 4. The van der Waals surface area contributed by atoms with E-state index in [1.807, 2.05) is 0 Å². The third kappa shape index (κ3) is 3.99. The highest BCUT2D eigenvalue weighted by Gasteiger charge is 2.27. The minimum atomic E-state index is -3.86. The van der Waals surface area contributed by atoms with E-state index in [1.54, 1.807) is 31.2 Å². The summed E-state index contributed by atoms with van der Waals surface area (Å²) < 4.78 is 65.2. The molecule has 2 aliphatic heterocycles. The molecule has 2 aliphatic rings.